The quantitative estimate of drug-likeness (QED) is 0.240. The van der Waals surface area contributed by atoms with Gasteiger partial charge in [-0.3, -0.25) is 4.57 Å². The van der Waals surface area contributed by atoms with Crippen LogP contribution in [0.5, 0.6) is 0 Å². The smallest absolute Gasteiger partial charge is 0.162 e. The molecule has 0 aliphatic rings. The van der Waals surface area contributed by atoms with Crippen LogP contribution >= 0.6 is 0 Å². The molecule has 2 aromatic heterocycles. The predicted molar refractivity (Wildman–Crippen MR) is 163 cm³/mol. The highest BCUT2D eigenvalue weighted by molar-refractivity contribution is 6.10. The van der Waals surface area contributed by atoms with Crippen molar-refractivity contribution in [1.82, 2.24) is 14.5 Å². The fourth-order valence-electron chi connectivity index (χ4n) is 6.07. The van der Waals surface area contributed by atoms with Crippen molar-refractivity contribution < 1.29 is 0 Å². The van der Waals surface area contributed by atoms with Crippen molar-refractivity contribution in [3.63, 3.8) is 0 Å². The van der Waals surface area contributed by atoms with Crippen LogP contribution in [-0.2, 0) is 5.41 Å². The first-order valence-corrected chi connectivity index (χ1v) is 13.5. The first kappa shape index (κ1) is 23.4. The standard InChI is InChI=1S/C36H29N3/c1-24-26(19-13-20-30(24)36(2,3)25-14-5-4-6-15-25)34-37-31-21-10-7-18-29(31)35(38-34)39-32-22-11-8-16-27(32)28-17-9-12-23-33(28)39/h4-23H,1-3H3. The second-order valence-corrected chi connectivity index (χ2v) is 10.7. The lowest BCUT2D eigenvalue weighted by Gasteiger charge is -2.29. The van der Waals surface area contributed by atoms with Gasteiger partial charge in [0.05, 0.1) is 16.6 Å². The lowest BCUT2D eigenvalue weighted by Crippen LogP contribution is -2.20. The molecule has 7 rings (SSSR count). The third-order valence-corrected chi connectivity index (χ3v) is 8.12. The molecule has 7 aromatic rings. The lowest BCUT2D eigenvalue weighted by atomic mass is 9.75. The summed E-state index contributed by atoms with van der Waals surface area (Å²) in [5.41, 5.74) is 7.89. The van der Waals surface area contributed by atoms with E-state index in [1.54, 1.807) is 0 Å². The molecule has 0 N–H and O–H groups in total. The number of rotatable bonds is 4. The van der Waals surface area contributed by atoms with Gasteiger partial charge in [0, 0.05) is 27.1 Å². The van der Waals surface area contributed by atoms with Crippen molar-refractivity contribution in [2.45, 2.75) is 26.2 Å². The third-order valence-electron chi connectivity index (χ3n) is 8.12. The van der Waals surface area contributed by atoms with Crippen LogP contribution in [0.4, 0.5) is 0 Å². The zero-order valence-electron chi connectivity index (χ0n) is 22.4. The minimum Gasteiger partial charge on any atom is -0.293 e. The number of nitrogens with zero attached hydrogens (tertiary/aromatic N) is 3. The highest BCUT2D eigenvalue weighted by Crippen LogP contribution is 2.38. The van der Waals surface area contributed by atoms with Crippen LogP contribution in [-0.4, -0.2) is 14.5 Å². The second kappa shape index (κ2) is 8.92. The van der Waals surface area contributed by atoms with Gasteiger partial charge in [-0.2, -0.15) is 0 Å². The van der Waals surface area contributed by atoms with E-state index in [1.807, 2.05) is 0 Å². The number of fused-ring (bicyclic) bond motifs is 4. The molecule has 0 unspecified atom stereocenters. The van der Waals surface area contributed by atoms with E-state index in [1.165, 1.54) is 27.5 Å². The molecule has 0 bridgehead atoms. The van der Waals surface area contributed by atoms with Gasteiger partial charge >= 0.3 is 0 Å². The maximum Gasteiger partial charge on any atom is 0.162 e. The molecular weight excluding hydrogens is 474 g/mol. The molecule has 0 spiro atoms. The van der Waals surface area contributed by atoms with Crippen LogP contribution in [0.15, 0.2) is 121 Å². The Bertz CT molecular complexity index is 1940. The topological polar surface area (TPSA) is 30.7 Å². The van der Waals surface area contributed by atoms with Crippen molar-refractivity contribution in [2.24, 2.45) is 0 Å². The summed E-state index contributed by atoms with van der Waals surface area (Å²) in [5, 5.41) is 3.48. The van der Waals surface area contributed by atoms with Crippen molar-refractivity contribution in [3.05, 3.63) is 138 Å². The van der Waals surface area contributed by atoms with E-state index in [2.05, 4.69) is 147 Å². The van der Waals surface area contributed by atoms with Crippen LogP contribution in [0.25, 0.3) is 49.9 Å². The van der Waals surface area contributed by atoms with Gasteiger partial charge in [-0.15, -0.1) is 0 Å². The molecule has 0 fully saturated rings. The SMILES string of the molecule is Cc1c(-c2nc(-n3c4ccccc4c4ccccc43)c3ccccc3n2)cccc1C(C)(C)c1ccccc1. The van der Waals surface area contributed by atoms with E-state index < -0.39 is 0 Å². The van der Waals surface area contributed by atoms with Gasteiger partial charge in [0.2, 0.25) is 0 Å². The Labute approximate surface area is 228 Å². The fourth-order valence-corrected chi connectivity index (χ4v) is 6.07. The molecule has 3 nitrogen and oxygen atoms in total. The summed E-state index contributed by atoms with van der Waals surface area (Å²) in [7, 11) is 0. The average molecular weight is 504 g/mol. The Kier molecular flexibility index (Phi) is 5.34. The van der Waals surface area contributed by atoms with Gasteiger partial charge in [0.15, 0.2) is 5.82 Å². The van der Waals surface area contributed by atoms with E-state index in [0.29, 0.717) is 0 Å². The van der Waals surface area contributed by atoms with Gasteiger partial charge in [-0.1, -0.05) is 111 Å². The minimum atomic E-state index is -0.159. The Morgan fingerprint density at radius 2 is 1.15 bits per heavy atom. The summed E-state index contributed by atoms with van der Waals surface area (Å²) >= 11 is 0. The molecular formula is C36H29N3. The fraction of sp³-hybridized carbons (Fsp3) is 0.111. The van der Waals surface area contributed by atoms with Crippen LogP contribution < -0.4 is 0 Å². The largest absolute Gasteiger partial charge is 0.293 e. The maximum absolute atomic E-state index is 5.32. The number of hydrogen-bond acceptors (Lipinski definition) is 2. The highest BCUT2D eigenvalue weighted by Gasteiger charge is 2.26. The zero-order valence-corrected chi connectivity index (χ0v) is 22.4. The van der Waals surface area contributed by atoms with Gasteiger partial charge in [0.1, 0.15) is 5.82 Å². The normalized spacial score (nSPS) is 12.0. The number of hydrogen-bond donors (Lipinski definition) is 0. The molecule has 0 saturated carbocycles. The van der Waals surface area contributed by atoms with E-state index in [9.17, 15) is 0 Å². The number of aromatic nitrogens is 3. The first-order chi connectivity index (χ1) is 19.0. The summed E-state index contributed by atoms with van der Waals surface area (Å²) in [6, 6.07) is 42.7. The monoisotopic (exact) mass is 503 g/mol. The van der Waals surface area contributed by atoms with E-state index in [0.717, 1.165) is 39.1 Å². The molecule has 39 heavy (non-hydrogen) atoms. The maximum atomic E-state index is 5.32. The van der Waals surface area contributed by atoms with Crippen molar-refractivity contribution >= 4 is 32.7 Å². The molecule has 3 heteroatoms. The van der Waals surface area contributed by atoms with Gasteiger partial charge in [-0.25, -0.2) is 9.97 Å². The summed E-state index contributed by atoms with van der Waals surface area (Å²) in [6.45, 7) is 6.78. The van der Waals surface area contributed by atoms with E-state index in [4.69, 9.17) is 9.97 Å². The second-order valence-electron chi connectivity index (χ2n) is 10.7. The zero-order chi connectivity index (χ0) is 26.6. The Morgan fingerprint density at radius 1 is 0.564 bits per heavy atom. The molecule has 0 saturated heterocycles. The minimum absolute atomic E-state index is 0.159. The molecule has 0 aliphatic heterocycles. The third kappa shape index (κ3) is 3.65. The molecule has 0 radical (unpaired) electrons. The summed E-state index contributed by atoms with van der Waals surface area (Å²) in [6.07, 6.45) is 0. The van der Waals surface area contributed by atoms with Crippen LogP contribution in [0.2, 0.25) is 0 Å². The molecule has 0 amide bonds. The molecule has 0 atom stereocenters. The highest BCUT2D eigenvalue weighted by atomic mass is 15.1. The number of para-hydroxylation sites is 3. The summed E-state index contributed by atoms with van der Waals surface area (Å²) in [4.78, 5) is 10.4. The molecule has 0 aliphatic carbocycles. The van der Waals surface area contributed by atoms with Crippen molar-refractivity contribution in [2.75, 3.05) is 0 Å². The molecule has 2 heterocycles. The summed E-state index contributed by atoms with van der Waals surface area (Å²) < 4.78 is 2.30. The molecule has 188 valence electrons. The van der Waals surface area contributed by atoms with Crippen molar-refractivity contribution in [3.8, 4) is 17.2 Å². The lowest BCUT2D eigenvalue weighted by molar-refractivity contribution is 0.636. The Hall–Kier alpha value is -4.76. The Morgan fingerprint density at radius 3 is 1.85 bits per heavy atom. The van der Waals surface area contributed by atoms with Crippen LogP contribution in [0.1, 0.15) is 30.5 Å². The Balaban J connectivity index is 1.51. The van der Waals surface area contributed by atoms with Gasteiger partial charge in [0.25, 0.3) is 0 Å². The van der Waals surface area contributed by atoms with E-state index in [-0.39, 0.29) is 5.41 Å². The van der Waals surface area contributed by atoms with Gasteiger partial charge < -0.3 is 0 Å². The van der Waals surface area contributed by atoms with Crippen LogP contribution in [0, 0.1) is 6.92 Å². The number of benzene rings is 5. The predicted octanol–water partition coefficient (Wildman–Crippen LogP) is 9.03. The van der Waals surface area contributed by atoms with Crippen molar-refractivity contribution in [1.29, 1.82) is 0 Å². The van der Waals surface area contributed by atoms with Crippen LogP contribution in [0.3, 0.4) is 0 Å². The first-order valence-electron chi connectivity index (χ1n) is 13.5. The summed E-state index contributed by atoms with van der Waals surface area (Å²) in [5.74, 6) is 1.65. The van der Waals surface area contributed by atoms with Gasteiger partial charge in [-0.05, 0) is 47.9 Å². The van der Waals surface area contributed by atoms with E-state index >= 15 is 0 Å². The molecule has 5 aromatic carbocycles. The average Bonchev–Trinajstić information content (AvgIpc) is 3.31.